The van der Waals surface area contributed by atoms with Crippen LogP contribution in [-0.4, -0.2) is 11.3 Å². The Balaban J connectivity index is 1.09. The topological polar surface area (TPSA) is 21.3 Å². The molecule has 3 nitrogen and oxygen atoms in total. The van der Waals surface area contributed by atoms with Crippen molar-refractivity contribution in [2.45, 2.75) is 0 Å². The van der Waals surface area contributed by atoms with E-state index in [1.54, 1.807) is 0 Å². The van der Waals surface area contributed by atoms with Crippen LogP contribution < -0.4 is 15.8 Å². The van der Waals surface area contributed by atoms with Gasteiger partial charge in [-0.2, -0.15) is 0 Å². The van der Waals surface area contributed by atoms with Crippen LogP contribution >= 0.6 is 0 Å². The van der Waals surface area contributed by atoms with E-state index in [4.69, 9.17) is 4.42 Å². The molecule has 4 heteroatoms. The maximum atomic E-state index is 7.19. The molecule has 80 heavy (non-hydrogen) atoms. The average Bonchev–Trinajstić information content (AvgIpc) is 4.25. The molecule has 0 radical (unpaired) electrons. The van der Waals surface area contributed by atoms with Crippen LogP contribution in [0.1, 0.15) is 0 Å². The maximum absolute atomic E-state index is 7.19. The second kappa shape index (κ2) is 16.5. The predicted octanol–water partition coefficient (Wildman–Crippen LogP) is 19.4. The van der Waals surface area contributed by atoms with Gasteiger partial charge in [0.05, 0.1) is 0 Å². The summed E-state index contributed by atoms with van der Waals surface area (Å²) in [6.45, 7) is -0.260. The van der Waals surface area contributed by atoms with Gasteiger partial charge in [0.15, 0.2) is 0 Å². The zero-order valence-electron chi connectivity index (χ0n) is 43.4. The lowest BCUT2D eigenvalue weighted by Gasteiger charge is -2.41. The van der Waals surface area contributed by atoms with Gasteiger partial charge in [0.25, 0.3) is 0 Å². The van der Waals surface area contributed by atoms with Crippen molar-refractivity contribution in [3.63, 3.8) is 0 Å². The Kier molecular flexibility index (Phi) is 9.03. The van der Waals surface area contributed by atoms with Gasteiger partial charge in [0.2, 0.25) is 0 Å². The molecule has 2 aliphatic heterocycles. The first-order valence-corrected chi connectivity index (χ1v) is 27.8. The second-order valence-corrected chi connectivity index (χ2v) is 21.8. The van der Waals surface area contributed by atoms with Crippen LogP contribution in [0.25, 0.3) is 142 Å². The fraction of sp³-hybridized carbons (Fsp3) is 0. The number of anilines is 3. The molecule has 2 aliphatic rings. The number of hydrogen-bond acceptors (Lipinski definition) is 2. The molecule has 4 heterocycles. The molecule has 0 saturated carbocycles. The Morgan fingerprint density at radius 3 is 1.48 bits per heavy atom. The number of rotatable bonds is 5. The molecule has 368 valence electrons. The number of fused-ring (bicyclic) bond motifs is 17. The van der Waals surface area contributed by atoms with Gasteiger partial charge in [-0.15, -0.1) is 0 Å². The van der Waals surface area contributed by atoms with Gasteiger partial charge >= 0.3 is 6.85 Å². The van der Waals surface area contributed by atoms with Gasteiger partial charge in [0, 0.05) is 61.3 Å². The predicted molar refractivity (Wildman–Crippen MR) is 339 cm³/mol. The highest BCUT2D eigenvalue weighted by atomic mass is 16.3. The molecule has 0 atom stereocenters. The zero-order chi connectivity index (χ0) is 52.2. The van der Waals surface area contributed by atoms with Crippen molar-refractivity contribution in [3.8, 4) is 55.6 Å². The molecule has 0 bridgehead atoms. The molecule has 0 fully saturated rings. The van der Waals surface area contributed by atoms with Gasteiger partial charge in [-0.05, 0) is 147 Å². The molecule has 2 aromatic heterocycles. The Morgan fingerprint density at radius 1 is 0.312 bits per heavy atom. The minimum atomic E-state index is -0.260. The first-order valence-electron chi connectivity index (χ1n) is 27.8. The number of para-hydroxylation sites is 1. The molecule has 18 rings (SSSR count). The summed E-state index contributed by atoms with van der Waals surface area (Å²) < 4.78 is 9.94. The van der Waals surface area contributed by atoms with Crippen molar-refractivity contribution in [2.24, 2.45) is 0 Å². The van der Waals surface area contributed by atoms with Crippen LogP contribution in [0, 0.1) is 0 Å². The van der Waals surface area contributed by atoms with E-state index in [0.29, 0.717) is 0 Å². The quantitative estimate of drug-likeness (QED) is 0.127. The standard InChI is InChI=1S/C76H45BN2O/c1-5-21-46(22-6-1)52-39-53(47-23-7-2-8-24-47)41-54(40-52)78-65-44-61-60(69(49-26-9-3-10-27-49)57-33-17-18-34-58(57)70(61)50-28-11-4-12-29-50)43-63(65)77-75-66(78)45-68-72(59-35-19-20-36-67(59)80-68)73(75)62-42-51-30-14-16-32-56(51)74-71-55-31-15-13-25-48(55)37-38-64(71)79(77)76(62)74/h1-45H. The van der Waals surface area contributed by atoms with E-state index in [1.807, 2.05) is 0 Å². The van der Waals surface area contributed by atoms with Crippen LogP contribution in [0.4, 0.5) is 17.1 Å². The Bertz CT molecular complexity index is 5240. The van der Waals surface area contributed by atoms with E-state index in [0.717, 1.165) is 61.3 Å². The molecular formula is C76H45BN2O. The van der Waals surface area contributed by atoms with Crippen LogP contribution in [0.3, 0.4) is 0 Å². The summed E-state index contributed by atoms with van der Waals surface area (Å²) in [7, 11) is 0. The van der Waals surface area contributed by atoms with E-state index in [1.165, 1.54) is 109 Å². The van der Waals surface area contributed by atoms with Crippen molar-refractivity contribution < 1.29 is 4.42 Å². The zero-order valence-corrected chi connectivity index (χ0v) is 43.4. The number of hydrogen-bond donors (Lipinski definition) is 0. The smallest absolute Gasteiger partial charge is 0.333 e. The maximum Gasteiger partial charge on any atom is 0.333 e. The highest BCUT2D eigenvalue weighted by Crippen LogP contribution is 2.54. The summed E-state index contributed by atoms with van der Waals surface area (Å²) in [5.74, 6) is 0. The summed E-state index contributed by atoms with van der Waals surface area (Å²) in [4.78, 5) is 2.60. The number of furan rings is 1. The number of aromatic nitrogens is 1. The molecule has 0 N–H and O–H groups in total. The third-order valence-electron chi connectivity index (χ3n) is 17.6. The monoisotopic (exact) mass is 1010 g/mol. The molecule has 0 unspecified atom stereocenters. The molecule has 0 spiro atoms. The molecular weight excluding hydrogens is 968 g/mol. The summed E-state index contributed by atoms with van der Waals surface area (Å²) in [5, 5.41) is 14.7. The Hall–Kier alpha value is -10.4. The van der Waals surface area contributed by atoms with Crippen molar-refractivity contribution >= 4 is 122 Å². The third kappa shape index (κ3) is 6.05. The summed E-state index contributed by atoms with van der Waals surface area (Å²) in [6, 6.07) is 102. The fourth-order valence-electron chi connectivity index (χ4n) is 14.4. The fourth-order valence-corrected chi connectivity index (χ4v) is 14.4. The number of nitrogens with zero attached hydrogens (tertiary/aromatic N) is 2. The molecule has 0 amide bonds. The van der Waals surface area contributed by atoms with E-state index in [2.05, 4.69) is 282 Å². The van der Waals surface area contributed by atoms with Crippen molar-refractivity contribution in [3.05, 3.63) is 273 Å². The van der Waals surface area contributed by atoms with Crippen LogP contribution in [0.15, 0.2) is 277 Å². The van der Waals surface area contributed by atoms with E-state index in [-0.39, 0.29) is 6.85 Å². The SMILES string of the molecule is c1ccc(-c2cc(-c3ccccc3)cc(N3c4cc5c(-c6ccccc6)c6ccccc6c(-c6ccccc6)c5cc4B4c5c3cc3oc6ccccc6c3c5-c3cc5ccccc5c5c6c7ccccc7ccc6n4c35)c2)cc1. The van der Waals surface area contributed by atoms with Crippen molar-refractivity contribution in [1.82, 2.24) is 4.48 Å². The minimum absolute atomic E-state index is 0.260. The summed E-state index contributed by atoms with van der Waals surface area (Å²) in [6.07, 6.45) is 0. The minimum Gasteiger partial charge on any atom is -0.456 e. The lowest BCUT2D eigenvalue weighted by Crippen LogP contribution is -2.56. The van der Waals surface area contributed by atoms with Gasteiger partial charge < -0.3 is 13.8 Å². The van der Waals surface area contributed by atoms with Crippen molar-refractivity contribution in [1.29, 1.82) is 0 Å². The lowest BCUT2D eigenvalue weighted by molar-refractivity contribution is 0.669. The van der Waals surface area contributed by atoms with E-state index >= 15 is 0 Å². The third-order valence-corrected chi connectivity index (χ3v) is 17.6. The number of benzene rings is 14. The van der Waals surface area contributed by atoms with E-state index < -0.39 is 0 Å². The van der Waals surface area contributed by atoms with Crippen LogP contribution in [0.5, 0.6) is 0 Å². The Morgan fingerprint density at radius 2 is 0.838 bits per heavy atom. The van der Waals surface area contributed by atoms with Gasteiger partial charge in [0.1, 0.15) is 11.2 Å². The first kappa shape index (κ1) is 43.7. The van der Waals surface area contributed by atoms with Crippen LogP contribution in [0.2, 0.25) is 0 Å². The highest BCUT2D eigenvalue weighted by molar-refractivity contribution is 6.91. The summed E-state index contributed by atoms with van der Waals surface area (Å²) >= 11 is 0. The lowest BCUT2D eigenvalue weighted by atomic mass is 9.44. The van der Waals surface area contributed by atoms with Gasteiger partial charge in [-0.1, -0.05) is 224 Å². The molecule has 14 aromatic carbocycles. The van der Waals surface area contributed by atoms with Crippen molar-refractivity contribution in [2.75, 3.05) is 4.90 Å². The average molecular weight is 1010 g/mol. The molecule has 16 aromatic rings. The van der Waals surface area contributed by atoms with Crippen LogP contribution in [-0.2, 0) is 0 Å². The van der Waals surface area contributed by atoms with Gasteiger partial charge in [-0.3, -0.25) is 0 Å². The normalized spacial score (nSPS) is 12.7. The largest absolute Gasteiger partial charge is 0.456 e. The summed E-state index contributed by atoms with van der Waals surface area (Å²) in [5.41, 5.74) is 21.9. The second-order valence-electron chi connectivity index (χ2n) is 21.8. The highest BCUT2D eigenvalue weighted by Gasteiger charge is 2.45. The molecule has 0 saturated heterocycles. The molecule has 0 aliphatic carbocycles. The first-order chi connectivity index (χ1) is 39.7. The Labute approximate surface area is 461 Å². The van der Waals surface area contributed by atoms with E-state index in [9.17, 15) is 0 Å². The van der Waals surface area contributed by atoms with Gasteiger partial charge in [-0.25, -0.2) is 0 Å².